The number of nitrogens with zero attached hydrogens (tertiary/aromatic N) is 2. The molecule has 7 nitrogen and oxygen atoms in total. The van der Waals surface area contributed by atoms with Gasteiger partial charge in [0.2, 0.25) is 10.0 Å². The number of non-ortho nitro benzene ring substituents is 1. The number of piperidine rings is 1. The fraction of sp³-hybridized carbons (Fsp3) is 0.381. The second-order valence-electron chi connectivity index (χ2n) is 8.16. The molecule has 1 saturated heterocycles. The summed E-state index contributed by atoms with van der Waals surface area (Å²) in [5.41, 5.74) is 1.50. The number of nitro benzene ring substituents is 1. The summed E-state index contributed by atoms with van der Waals surface area (Å²) in [4.78, 5) is 22.7. The minimum absolute atomic E-state index is 0.0174. The molecule has 152 valence electrons. The Labute approximate surface area is 169 Å². The van der Waals surface area contributed by atoms with E-state index in [1.54, 1.807) is 36.4 Å². The van der Waals surface area contributed by atoms with Gasteiger partial charge in [0.1, 0.15) is 5.78 Å². The highest BCUT2D eigenvalue weighted by Crippen LogP contribution is 2.71. The lowest BCUT2D eigenvalue weighted by atomic mass is 9.93. The third-order valence-corrected chi connectivity index (χ3v) is 8.05. The highest BCUT2D eigenvalue weighted by Gasteiger charge is 2.70. The van der Waals surface area contributed by atoms with Gasteiger partial charge in [-0.05, 0) is 43.4 Å². The number of sulfonamides is 1. The molecule has 3 atom stereocenters. The van der Waals surface area contributed by atoms with Crippen LogP contribution in [0.25, 0.3) is 0 Å². The standard InChI is InChI=1S/C21H22N2O5S/c1-14-3-9-18(10-4-14)29(27,28)22-12-19-20(21(19,13-22)11-15(2)24)16-5-7-17(8-6-16)23(25)26/h3-10,19-20H,11-13H2,1-2H3/t19-,20-,21-/m1/s1. The van der Waals surface area contributed by atoms with Crippen LogP contribution in [0.15, 0.2) is 53.4 Å². The molecule has 2 aliphatic rings. The lowest BCUT2D eigenvalue weighted by molar-refractivity contribution is -0.384. The van der Waals surface area contributed by atoms with Gasteiger partial charge in [-0.1, -0.05) is 29.8 Å². The van der Waals surface area contributed by atoms with Gasteiger partial charge in [0, 0.05) is 37.1 Å². The van der Waals surface area contributed by atoms with Crippen molar-refractivity contribution in [1.82, 2.24) is 4.31 Å². The van der Waals surface area contributed by atoms with Gasteiger partial charge in [-0.15, -0.1) is 0 Å². The minimum Gasteiger partial charge on any atom is -0.300 e. The van der Waals surface area contributed by atoms with Crippen molar-refractivity contribution in [3.05, 3.63) is 69.8 Å². The number of carbonyl (C=O) groups is 1. The van der Waals surface area contributed by atoms with Gasteiger partial charge in [-0.25, -0.2) is 8.42 Å². The van der Waals surface area contributed by atoms with E-state index in [4.69, 9.17) is 0 Å². The van der Waals surface area contributed by atoms with Crippen molar-refractivity contribution in [2.24, 2.45) is 11.3 Å². The van der Waals surface area contributed by atoms with Crippen molar-refractivity contribution in [3.8, 4) is 0 Å². The van der Waals surface area contributed by atoms with E-state index >= 15 is 0 Å². The molecule has 0 aromatic heterocycles. The van der Waals surface area contributed by atoms with E-state index in [1.807, 2.05) is 6.92 Å². The van der Waals surface area contributed by atoms with Crippen molar-refractivity contribution in [2.75, 3.05) is 13.1 Å². The second-order valence-corrected chi connectivity index (χ2v) is 10.1. The van der Waals surface area contributed by atoms with Crippen LogP contribution in [0.5, 0.6) is 0 Å². The van der Waals surface area contributed by atoms with Crippen LogP contribution in [0, 0.1) is 28.4 Å². The maximum atomic E-state index is 13.1. The summed E-state index contributed by atoms with van der Waals surface area (Å²) in [5, 5.41) is 10.9. The zero-order valence-electron chi connectivity index (χ0n) is 16.2. The molecule has 0 radical (unpaired) electrons. The molecule has 0 bridgehead atoms. The summed E-state index contributed by atoms with van der Waals surface area (Å²) in [6.07, 6.45) is 0.305. The van der Waals surface area contributed by atoms with E-state index in [9.17, 15) is 23.3 Å². The van der Waals surface area contributed by atoms with Gasteiger partial charge >= 0.3 is 0 Å². The summed E-state index contributed by atoms with van der Waals surface area (Å²) in [6.45, 7) is 4.06. The Balaban J connectivity index is 1.61. The molecule has 8 heteroatoms. The second kappa shape index (κ2) is 6.74. The van der Waals surface area contributed by atoms with Crippen LogP contribution >= 0.6 is 0 Å². The summed E-state index contributed by atoms with van der Waals surface area (Å²) in [7, 11) is -3.62. The van der Waals surface area contributed by atoms with E-state index in [1.165, 1.54) is 23.4 Å². The average Bonchev–Trinajstić information content (AvgIpc) is 3.08. The summed E-state index contributed by atoms with van der Waals surface area (Å²) in [5.74, 6) is 0.0961. The van der Waals surface area contributed by atoms with Gasteiger partial charge in [-0.2, -0.15) is 4.31 Å². The third kappa shape index (κ3) is 3.26. The molecule has 1 aliphatic carbocycles. The van der Waals surface area contributed by atoms with Gasteiger partial charge in [0.15, 0.2) is 0 Å². The first kappa shape index (κ1) is 19.7. The predicted molar refractivity (Wildman–Crippen MR) is 107 cm³/mol. The fourth-order valence-electron chi connectivity index (χ4n) is 4.86. The number of rotatable bonds is 6. The average molecular weight is 414 g/mol. The first-order valence-electron chi connectivity index (χ1n) is 9.46. The van der Waals surface area contributed by atoms with Crippen LogP contribution in [-0.4, -0.2) is 36.5 Å². The molecule has 1 aliphatic heterocycles. The summed E-state index contributed by atoms with van der Waals surface area (Å²) < 4.78 is 27.6. The van der Waals surface area contributed by atoms with Crippen LogP contribution in [0.2, 0.25) is 0 Å². The molecule has 29 heavy (non-hydrogen) atoms. The van der Waals surface area contributed by atoms with Crippen molar-refractivity contribution in [2.45, 2.75) is 31.1 Å². The van der Waals surface area contributed by atoms with Crippen molar-refractivity contribution in [1.29, 1.82) is 0 Å². The summed E-state index contributed by atoms with van der Waals surface area (Å²) in [6, 6.07) is 13.1. The lowest BCUT2D eigenvalue weighted by Crippen LogP contribution is -2.33. The molecule has 0 N–H and O–H groups in total. The highest BCUT2D eigenvalue weighted by atomic mass is 32.2. The number of benzene rings is 2. The SMILES string of the molecule is CC(=O)C[C@@]12CN(S(=O)(=O)c3ccc(C)cc3)C[C@@H]1[C@H]2c1ccc([N+](=O)[O-])cc1. The Hall–Kier alpha value is -2.58. The van der Waals surface area contributed by atoms with Crippen LogP contribution in [0.1, 0.15) is 30.4 Å². The Morgan fingerprint density at radius 2 is 1.79 bits per heavy atom. The number of aryl methyl sites for hydroxylation is 1. The molecular formula is C21H22N2O5S. The Morgan fingerprint density at radius 3 is 2.34 bits per heavy atom. The first-order valence-corrected chi connectivity index (χ1v) is 10.9. The number of fused-ring (bicyclic) bond motifs is 1. The Kier molecular flexibility index (Phi) is 4.59. The van der Waals surface area contributed by atoms with Crippen molar-refractivity contribution >= 4 is 21.5 Å². The largest absolute Gasteiger partial charge is 0.300 e. The zero-order chi connectivity index (χ0) is 21.0. The fourth-order valence-corrected chi connectivity index (χ4v) is 6.41. The van der Waals surface area contributed by atoms with E-state index in [2.05, 4.69) is 0 Å². The Morgan fingerprint density at radius 1 is 1.17 bits per heavy atom. The van der Waals surface area contributed by atoms with Crippen molar-refractivity contribution < 1.29 is 18.1 Å². The number of hydrogen-bond acceptors (Lipinski definition) is 5. The number of ketones is 1. The normalized spacial score (nSPS) is 26.1. The molecule has 2 aromatic carbocycles. The van der Waals surface area contributed by atoms with Gasteiger partial charge < -0.3 is 4.79 Å². The molecule has 1 saturated carbocycles. The van der Waals surface area contributed by atoms with Gasteiger partial charge in [0.25, 0.3) is 5.69 Å². The number of carbonyl (C=O) groups excluding carboxylic acids is 1. The van der Waals surface area contributed by atoms with E-state index < -0.39 is 20.4 Å². The van der Waals surface area contributed by atoms with E-state index in [0.29, 0.717) is 13.0 Å². The smallest absolute Gasteiger partial charge is 0.269 e. The number of Topliss-reactive ketones (excluding diaryl/α,β-unsaturated/α-hetero) is 1. The van der Waals surface area contributed by atoms with Crippen LogP contribution in [-0.2, 0) is 14.8 Å². The topological polar surface area (TPSA) is 97.6 Å². The van der Waals surface area contributed by atoms with E-state index in [-0.39, 0.29) is 34.7 Å². The van der Waals surface area contributed by atoms with E-state index in [0.717, 1.165) is 11.1 Å². The predicted octanol–water partition coefficient (Wildman–Crippen LogP) is 3.29. The maximum absolute atomic E-state index is 13.1. The molecule has 0 unspecified atom stereocenters. The molecule has 2 fully saturated rings. The molecular weight excluding hydrogens is 392 g/mol. The number of hydrogen-bond donors (Lipinski definition) is 0. The lowest BCUT2D eigenvalue weighted by Gasteiger charge is -2.23. The molecule has 0 spiro atoms. The number of nitro groups is 1. The molecule has 4 rings (SSSR count). The third-order valence-electron chi connectivity index (χ3n) is 6.22. The summed E-state index contributed by atoms with van der Waals surface area (Å²) >= 11 is 0. The van der Waals surface area contributed by atoms with Crippen LogP contribution < -0.4 is 0 Å². The van der Waals surface area contributed by atoms with Crippen LogP contribution in [0.3, 0.4) is 0 Å². The molecule has 2 aromatic rings. The van der Waals surface area contributed by atoms with Crippen LogP contribution in [0.4, 0.5) is 5.69 Å². The molecule has 1 heterocycles. The maximum Gasteiger partial charge on any atom is 0.269 e. The minimum atomic E-state index is -3.62. The Bertz CT molecular complexity index is 1080. The quantitative estimate of drug-likeness (QED) is 0.534. The first-order chi connectivity index (χ1) is 13.6. The van der Waals surface area contributed by atoms with Gasteiger partial charge in [0.05, 0.1) is 9.82 Å². The monoisotopic (exact) mass is 414 g/mol. The van der Waals surface area contributed by atoms with Crippen molar-refractivity contribution in [3.63, 3.8) is 0 Å². The highest BCUT2D eigenvalue weighted by molar-refractivity contribution is 7.89. The zero-order valence-corrected chi connectivity index (χ0v) is 17.1. The van der Waals surface area contributed by atoms with Gasteiger partial charge in [-0.3, -0.25) is 10.1 Å². The molecule has 0 amide bonds.